The Morgan fingerprint density at radius 1 is 1.15 bits per heavy atom. The van der Waals surface area contributed by atoms with E-state index in [1.165, 1.54) is 6.08 Å². The first kappa shape index (κ1) is 16.1. The molecule has 0 spiro atoms. The molecule has 1 aliphatic heterocycles. The summed E-state index contributed by atoms with van der Waals surface area (Å²) in [5.74, 6) is -0.686. The van der Waals surface area contributed by atoms with Gasteiger partial charge < -0.3 is 15.1 Å². The molecule has 6 heteroatoms. The van der Waals surface area contributed by atoms with E-state index >= 15 is 0 Å². The highest BCUT2D eigenvalue weighted by molar-refractivity contribution is 6.05. The number of rotatable bonds is 3. The molecule has 0 unspecified atom stereocenters. The molecule has 6 nitrogen and oxygen atoms in total. The first-order valence-electron chi connectivity index (χ1n) is 8.34. The van der Waals surface area contributed by atoms with Crippen molar-refractivity contribution in [1.29, 1.82) is 0 Å². The molecule has 0 saturated heterocycles. The minimum atomic E-state index is -0.403. The Balaban J connectivity index is 1.61. The van der Waals surface area contributed by atoms with E-state index in [9.17, 15) is 9.59 Å². The fourth-order valence-electron chi connectivity index (χ4n) is 3.19. The number of amides is 2. The zero-order valence-corrected chi connectivity index (χ0v) is 14.0. The molecule has 26 heavy (non-hydrogen) atoms. The van der Waals surface area contributed by atoms with Crippen molar-refractivity contribution < 1.29 is 14.0 Å². The van der Waals surface area contributed by atoms with Crippen LogP contribution < -0.4 is 10.6 Å². The zero-order chi connectivity index (χ0) is 18.1. The third-order valence-corrected chi connectivity index (χ3v) is 4.50. The van der Waals surface area contributed by atoms with Crippen LogP contribution in [0.15, 0.2) is 59.0 Å². The maximum absolute atomic E-state index is 12.7. The highest BCUT2D eigenvalue weighted by atomic mass is 16.3. The minimum absolute atomic E-state index is 0.245. The molecule has 2 N–H and O–H groups in total. The van der Waals surface area contributed by atoms with Gasteiger partial charge in [-0.15, -0.1) is 0 Å². The summed E-state index contributed by atoms with van der Waals surface area (Å²) in [6, 6.07) is 14.9. The molecule has 2 heterocycles. The third kappa shape index (κ3) is 2.97. The van der Waals surface area contributed by atoms with Gasteiger partial charge in [0.15, 0.2) is 5.58 Å². The molecule has 0 bridgehead atoms. The van der Waals surface area contributed by atoms with Gasteiger partial charge in [0.25, 0.3) is 5.91 Å². The second kappa shape index (κ2) is 6.48. The van der Waals surface area contributed by atoms with Crippen molar-refractivity contribution in [1.82, 2.24) is 4.98 Å². The van der Waals surface area contributed by atoms with Crippen LogP contribution >= 0.6 is 0 Å². The van der Waals surface area contributed by atoms with Crippen molar-refractivity contribution in [2.45, 2.75) is 6.42 Å². The monoisotopic (exact) mass is 347 g/mol. The molecule has 2 aromatic carbocycles. The molecule has 130 valence electrons. The Morgan fingerprint density at radius 3 is 2.73 bits per heavy atom. The topological polar surface area (TPSA) is 89.4 Å². The highest BCUT2D eigenvalue weighted by Crippen LogP contribution is 2.30. The number of nitrogens with two attached hydrogens (primary N) is 1. The fourth-order valence-corrected chi connectivity index (χ4v) is 3.19. The predicted molar refractivity (Wildman–Crippen MR) is 98.2 cm³/mol. The van der Waals surface area contributed by atoms with Crippen molar-refractivity contribution in [2.75, 3.05) is 11.4 Å². The summed E-state index contributed by atoms with van der Waals surface area (Å²) in [5.41, 5.74) is 8.61. The van der Waals surface area contributed by atoms with Crippen LogP contribution in [0.1, 0.15) is 11.5 Å². The van der Waals surface area contributed by atoms with Crippen LogP contribution in [0.25, 0.3) is 17.2 Å². The van der Waals surface area contributed by atoms with E-state index < -0.39 is 11.8 Å². The molecule has 4 rings (SSSR count). The molecule has 3 aromatic rings. The van der Waals surface area contributed by atoms with Gasteiger partial charge in [-0.3, -0.25) is 9.59 Å². The van der Waals surface area contributed by atoms with E-state index in [1.54, 1.807) is 11.0 Å². The minimum Gasteiger partial charge on any atom is -0.437 e. The summed E-state index contributed by atoms with van der Waals surface area (Å²) in [5, 5.41) is 0. The first-order valence-corrected chi connectivity index (χ1v) is 8.34. The highest BCUT2D eigenvalue weighted by Gasteiger charge is 2.30. The number of para-hydroxylation sites is 3. The number of carbonyl (C=O) groups excluding carboxylic acids is 2. The first-order chi connectivity index (χ1) is 12.6. The van der Waals surface area contributed by atoms with Gasteiger partial charge in [-0.2, -0.15) is 0 Å². The van der Waals surface area contributed by atoms with E-state index in [0.717, 1.165) is 16.8 Å². The zero-order valence-electron chi connectivity index (χ0n) is 14.0. The lowest BCUT2D eigenvalue weighted by molar-refractivity contribution is -0.121. The molecule has 0 saturated carbocycles. The van der Waals surface area contributed by atoms with Gasteiger partial charge in [0.2, 0.25) is 11.8 Å². The van der Waals surface area contributed by atoms with Crippen molar-refractivity contribution in [3.8, 4) is 0 Å². The maximum atomic E-state index is 12.7. The summed E-state index contributed by atoms with van der Waals surface area (Å²) in [6.45, 7) is 0.267. The number of fused-ring (bicyclic) bond motifs is 2. The Hall–Kier alpha value is -3.41. The Bertz CT molecular complexity index is 989. The van der Waals surface area contributed by atoms with E-state index in [0.29, 0.717) is 17.9 Å². The third-order valence-electron chi connectivity index (χ3n) is 4.50. The van der Waals surface area contributed by atoms with Gasteiger partial charge in [0.05, 0.1) is 5.92 Å². The Labute approximate surface area is 149 Å². The van der Waals surface area contributed by atoms with Crippen LogP contribution in [0, 0.1) is 5.92 Å². The summed E-state index contributed by atoms with van der Waals surface area (Å²) < 4.78 is 5.59. The number of carbonyl (C=O) groups is 2. The maximum Gasteiger partial charge on any atom is 0.251 e. The van der Waals surface area contributed by atoms with Gasteiger partial charge >= 0.3 is 0 Å². The van der Waals surface area contributed by atoms with E-state index in [1.807, 2.05) is 48.5 Å². The lowest BCUT2D eigenvalue weighted by Gasteiger charge is -2.32. The van der Waals surface area contributed by atoms with Crippen LogP contribution in [0.2, 0.25) is 0 Å². The van der Waals surface area contributed by atoms with Crippen LogP contribution in [-0.4, -0.2) is 23.3 Å². The number of benzene rings is 2. The Kier molecular flexibility index (Phi) is 4.01. The molecule has 0 radical (unpaired) electrons. The van der Waals surface area contributed by atoms with Crippen LogP contribution in [-0.2, 0) is 16.0 Å². The molecule has 0 fully saturated rings. The molecular weight excluding hydrogens is 330 g/mol. The summed E-state index contributed by atoms with van der Waals surface area (Å²) in [6.07, 6.45) is 3.49. The van der Waals surface area contributed by atoms with Crippen LogP contribution in [0.3, 0.4) is 0 Å². The number of primary amides is 1. The number of anilines is 1. The largest absolute Gasteiger partial charge is 0.437 e. The summed E-state index contributed by atoms with van der Waals surface area (Å²) >= 11 is 0. The van der Waals surface area contributed by atoms with E-state index in [4.69, 9.17) is 10.2 Å². The number of oxazole rings is 1. The molecular formula is C20H17N3O3. The number of hydrogen-bond acceptors (Lipinski definition) is 4. The summed E-state index contributed by atoms with van der Waals surface area (Å²) in [4.78, 5) is 30.3. The average Bonchev–Trinajstić information content (AvgIpc) is 3.08. The molecule has 1 aliphatic rings. The second-order valence-corrected chi connectivity index (χ2v) is 6.23. The van der Waals surface area contributed by atoms with Crippen molar-refractivity contribution in [2.24, 2.45) is 11.7 Å². The van der Waals surface area contributed by atoms with Gasteiger partial charge in [-0.05, 0) is 30.2 Å². The van der Waals surface area contributed by atoms with Gasteiger partial charge in [-0.25, -0.2) is 4.98 Å². The predicted octanol–water partition coefficient (Wildman–Crippen LogP) is 2.53. The standard InChI is InChI=1S/C20H17N3O3/c21-20(25)14-11-13-5-1-3-7-16(13)23(12-14)19(24)10-9-18-22-15-6-2-4-8-17(15)26-18/h1-10,14H,11-12H2,(H2,21,25)/b10-9+/t14-/m0/s1. The number of aromatic nitrogens is 1. The van der Waals surface area contributed by atoms with Gasteiger partial charge in [-0.1, -0.05) is 30.3 Å². The average molecular weight is 347 g/mol. The van der Waals surface area contributed by atoms with E-state index in [2.05, 4.69) is 4.98 Å². The SMILES string of the molecule is NC(=O)[C@H]1Cc2ccccc2N(C(=O)/C=C/c2nc3ccccc3o2)C1. The van der Waals surface area contributed by atoms with Gasteiger partial charge in [0, 0.05) is 24.4 Å². The van der Waals surface area contributed by atoms with Crippen molar-refractivity contribution in [3.05, 3.63) is 66.1 Å². The lowest BCUT2D eigenvalue weighted by atomic mass is 9.92. The van der Waals surface area contributed by atoms with Crippen molar-refractivity contribution in [3.63, 3.8) is 0 Å². The number of hydrogen-bond donors (Lipinski definition) is 1. The molecule has 0 aliphatic carbocycles. The quantitative estimate of drug-likeness (QED) is 0.737. The van der Waals surface area contributed by atoms with Gasteiger partial charge in [0.1, 0.15) is 5.52 Å². The fraction of sp³-hybridized carbons (Fsp3) is 0.150. The van der Waals surface area contributed by atoms with Crippen LogP contribution in [0.4, 0.5) is 5.69 Å². The Morgan fingerprint density at radius 2 is 1.92 bits per heavy atom. The van der Waals surface area contributed by atoms with Crippen LogP contribution in [0.5, 0.6) is 0 Å². The second-order valence-electron chi connectivity index (χ2n) is 6.23. The normalized spacial score (nSPS) is 16.8. The number of nitrogens with zero attached hydrogens (tertiary/aromatic N) is 2. The smallest absolute Gasteiger partial charge is 0.251 e. The summed E-state index contributed by atoms with van der Waals surface area (Å²) in [7, 11) is 0. The van der Waals surface area contributed by atoms with E-state index in [-0.39, 0.29) is 12.5 Å². The molecule has 2 amide bonds. The lowest BCUT2D eigenvalue weighted by Crippen LogP contribution is -2.43. The molecule has 1 aromatic heterocycles. The molecule has 1 atom stereocenters. The van der Waals surface area contributed by atoms with Crippen molar-refractivity contribution >= 4 is 34.7 Å².